The summed E-state index contributed by atoms with van der Waals surface area (Å²) in [6, 6.07) is 1.71. The third-order valence-corrected chi connectivity index (χ3v) is 2.66. The highest BCUT2D eigenvalue weighted by Gasteiger charge is 2.15. The predicted octanol–water partition coefficient (Wildman–Crippen LogP) is -0.367. The number of nitrogens with zero attached hydrogens (tertiary/aromatic N) is 4. The molecule has 10 nitrogen and oxygen atoms in total. The summed E-state index contributed by atoms with van der Waals surface area (Å²) in [5.41, 5.74) is -1.84. The highest BCUT2D eigenvalue weighted by molar-refractivity contribution is 5.34. The molecule has 0 bridgehead atoms. The largest absolute Gasteiger partial charge is 0.373 e. The first kappa shape index (κ1) is 14.4. The molecule has 0 saturated carbocycles. The Bertz CT molecular complexity index is 809. The number of hydrogen-bond donors (Lipinski definition) is 2. The Hall–Kier alpha value is -3.04. The van der Waals surface area contributed by atoms with E-state index in [-0.39, 0.29) is 6.54 Å². The van der Waals surface area contributed by atoms with Crippen LogP contribution in [-0.4, -0.2) is 31.5 Å². The lowest BCUT2D eigenvalue weighted by Gasteiger charge is -2.07. The van der Waals surface area contributed by atoms with E-state index in [0.29, 0.717) is 17.3 Å². The molecule has 0 spiro atoms. The lowest BCUT2D eigenvalue weighted by atomic mass is 10.4. The van der Waals surface area contributed by atoms with Crippen LogP contribution in [0, 0.1) is 17.0 Å². The van der Waals surface area contributed by atoms with Gasteiger partial charge in [-0.05, 0) is 6.92 Å². The molecule has 21 heavy (non-hydrogen) atoms. The van der Waals surface area contributed by atoms with E-state index in [1.165, 1.54) is 0 Å². The zero-order valence-electron chi connectivity index (χ0n) is 11.3. The van der Waals surface area contributed by atoms with E-state index in [4.69, 9.17) is 0 Å². The molecule has 2 heterocycles. The van der Waals surface area contributed by atoms with Crippen LogP contribution in [0.3, 0.4) is 0 Å². The molecule has 0 unspecified atom stereocenters. The van der Waals surface area contributed by atoms with E-state index < -0.39 is 21.9 Å². The van der Waals surface area contributed by atoms with E-state index in [1.807, 2.05) is 4.98 Å². The fourth-order valence-corrected chi connectivity index (χ4v) is 1.73. The van der Waals surface area contributed by atoms with Gasteiger partial charge in [-0.2, -0.15) is 0 Å². The van der Waals surface area contributed by atoms with E-state index >= 15 is 0 Å². The molecular formula is C11H12N6O4. The number of nitrogens with one attached hydrogen (secondary N) is 2. The molecule has 10 heteroatoms. The Morgan fingerprint density at radius 2 is 2.14 bits per heavy atom. The van der Waals surface area contributed by atoms with Crippen molar-refractivity contribution in [2.75, 3.05) is 12.4 Å². The molecule has 2 aromatic heterocycles. The summed E-state index contributed by atoms with van der Waals surface area (Å²) in [6.07, 6.45) is 0.881. The average molecular weight is 292 g/mol. The second-order valence-electron chi connectivity index (χ2n) is 4.22. The van der Waals surface area contributed by atoms with Gasteiger partial charge in [0.05, 0.1) is 17.7 Å². The molecule has 110 valence electrons. The molecule has 2 N–H and O–H groups in total. The smallest absolute Gasteiger partial charge is 0.350 e. The minimum absolute atomic E-state index is 0.0905. The summed E-state index contributed by atoms with van der Waals surface area (Å²) in [4.78, 5) is 43.0. The van der Waals surface area contributed by atoms with Crippen molar-refractivity contribution < 1.29 is 4.92 Å². The van der Waals surface area contributed by atoms with Crippen molar-refractivity contribution >= 4 is 11.5 Å². The number of anilines is 1. The van der Waals surface area contributed by atoms with Gasteiger partial charge >= 0.3 is 16.9 Å². The van der Waals surface area contributed by atoms with Gasteiger partial charge in [0, 0.05) is 18.8 Å². The first-order chi connectivity index (χ1) is 9.90. The summed E-state index contributed by atoms with van der Waals surface area (Å²) >= 11 is 0. The van der Waals surface area contributed by atoms with Crippen LogP contribution in [0.25, 0.3) is 0 Å². The molecule has 0 aliphatic carbocycles. The molecule has 0 radical (unpaired) electrons. The van der Waals surface area contributed by atoms with Crippen LogP contribution in [0.1, 0.15) is 11.5 Å². The van der Waals surface area contributed by atoms with Crippen LogP contribution in [-0.2, 0) is 6.54 Å². The molecule has 0 atom stereocenters. The quantitative estimate of drug-likeness (QED) is 0.579. The maximum atomic E-state index is 11.7. The van der Waals surface area contributed by atoms with Gasteiger partial charge in [0.15, 0.2) is 5.82 Å². The third kappa shape index (κ3) is 3.11. The summed E-state index contributed by atoms with van der Waals surface area (Å²) in [7, 11) is 1.68. The molecule has 2 aromatic rings. The van der Waals surface area contributed by atoms with Crippen molar-refractivity contribution in [3.8, 4) is 0 Å². The van der Waals surface area contributed by atoms with Crippen LogP contribution in [0.4, 0.5) is 11.5 Å². The van der Waals surface area contributed by atoms with Crippen molar-refractivity contribution in [2.45, 2.75) is 13.5 Å². The minimum Gasteiger partial charge on any atom is -0.373 e. The number of H-pyrrole nitrogens is 1. The highest BCUT2D eigenvalue weighted by Crippen LogP contribution is 2.06. The van der Waals surface area contributed by atoms with E-state index in [0.717, 1.165) is 10.8 Å². The Morgan fingerprint density at radius 1 is 1.43 bits per heavy atom. The van der Waals surface area contributed by atoms with Crippen molar-refractivity contribution in [3.05, 3.63) is 54.7 Å². The monoisotopic (exact) mass is 292 g/mol. The molecule has 0 aliphatic rings. The first-order valence-corrected chi connectivity index (χ1v) is 5.91. The highest BCUT2D eigenvalue weighted by atomic mass is 16.6. The van der Waals surface area contributed by atoms with E-state index in [2.05, 4.69) is 15.3 Å². The summed E-state index contributed by atoms with van der Waals surface area (Å²) < 4.78 is 0.980. The van der Waals surface area contributed by atoms with Crippen molar-refractivity contribution in [2.24, 2.45) is 0 Å². The Kier molecular flexibility index (Phi) is 3.78. The zero-order valence-corrected chi connectivity index (χ0v) is 11.3. The van der Waals surface area contributed by atoms with Gasteiger partial charge in [0.1, 0.15) is 5.82 Å². The van der Waals surface area contributed by atoms with Crippen LogP contribution >= 0.6 is 0 Å². The normalized spacial score (nSPS) is 10.4. The lowest BCUT2D eigenvalue weighted by Crippen LogP contribution is -2.31. The Morgan fingerprint density at radius 3 is 2.76 bits per heavy atom. The summed E-state index contributed by atoms with van der Waals surface area (Å²) in [5.74, 6) is 0.854. The predicted molar refractivity (Wildman–Crippen MR) is 73.4 cm³/mol. The van der Waals surface area contributed by atoms with Crippen molar-refractivity contribution in [3.63, 3.8) is 0 Å². The number of aryl methyl sites for hydroxylation is 1. The SMILES string of the molecule is CNc1cc(C)nc(Cn2cc([N+](=O)[O-])c(=O)[nH]c2=O)n1. The van der Waals surface area contributed by atoms with Gasteiger partial charge in [-0.25, -0.2) is 14.8 Å². The number of hydrogen-bond acceptors (Lipinski definition) is 7. The van der Waals surface area contributed by atoms with Gasteiger partial charge in [0.2, 0.25) is 0 Å². The maximum absolute atomic E-state index is 11.7. The second kappa shape index (κ2) is 5.53. The van der Waals surface area contributed by atoms with Gasteiger partial charge in [-0.1, -0.05) is 0 Å². The van der Waals surface area contributed by atoms with Crippen LogP contribution in [0.15, 0.2) is 21.9 Å². The topological polar surface area (TPSA) is 136 Å². The van der Waals surface area contributed by atoms with Gasteiger partial charge < -0.3 is 5.32 Å². The first-order valence-electron chi connectivity index (χ1n) is 5.91. The molecule has 0 aliphatic heterocycles. The summed E-state index contributed by atoms with van der Waals surface area (Å²) in [5, 5.41) is 13.6. The van der Waals surface area contributed by atoms with E-state index in [1.54, 1.807) is 20.0 Å². The molecule has 0 amide bonds. The average Bonchev–Trinajstić information content (AvgIpc) is 2.40. The lowest BCUT2D eigenvalue weighted by molar-refractivity contribution is -0.386. The fraction of sp³-hybridized carbons (Fsp3) is 0.273. The molecule has 0 saturated heterocycles. The fourth-order valence-electron chi connectivity index (χ4n) is 1.73. The zero-order chi connectivity index (χ0) is 15.6. The molecular weight excluding hydrogens is 280 g/mol. The van der Waals surface area contributed by atoms with Crippen molar-refractivity contribution in [1.29, 1.82) is 0 Å². The maximum Gasteiger partial charge on any atom is 0.350 e. The van der Waals surface area contributed by atoms with E-state index in [9.17, 15) is 19.7 Å². The Labute approximate surface area is 117 Å². The third-order valence-electron chi connectivity index (χ3n) is 2.66. The van der Waals surface area contributed by atoms with Gasteiger partial charge in [-0.15, -0.1) is 0 Å². The number of nitro groups is 1. The minimum atomic E-state index is -1.04. The van der Waals surface area contributed by atoms with Gasteiger partial charge in [0.25, 0.3) is 0 Å². The number of aromatic amines is 1. The summed E-state index contributed by atoms with van der Waals surface area (Å²) in [6.45, 7) is 1.66. The Balaban J connectivity index is 2.47. The number of rotatable bonds is 4. The molecule has 2 rings (SSSR count). The van der Waals surface area contributed by atoms with Gasteiger partial charge in [-0.3, -0.25) is 24.5 Å². The van der Waals surface area contributed by atoms with Crippen molar-refractivity contribution in [1.82, 2.24) is 19.5 Å². The second-order valence-corrected chi connectivity index (χ2v) is 4.22. The van der Waals surface area contributed by atoms with Crippen LogP contribution < -0.4 is 16.6 Å². The number of aromatic nitrogens is 4. The molecule has 0 aromatic carbocycles. The van der Waals surface area contributed by atoms with Crippen LogP contribution in [0.5, 0.6) is 0 Å². The van der Waals surface area contributed by atoms with Crippen LogP contribution in [0.2, 0.25) is 0 Å². The molecule has 0 fully saturated rings. The standard InChI is InChI=1S/C11H12N6O4/c1-6-3-8(12-2)14-9(13-6)5-16-4-7(17(20)21)10(18)15-11(16)19/h3-4H,5H2,1-2H3,(H,12,13,14)(H,15,18,19).